The fourth-order valence-corrected chi connectivity index (χ4v) is 0. The Hall–Kier alpha value is -0.790. The average Bonchev–Trinajstić information content (AvgIpc) is 1.36. The molecule has 0 saturated carbocycles. The minimum absolute atomic E-state index is 0.120. The summed E-state index contributed by atoms with van der Waals surface area (Å²) in [6, 6.07) is 0. The van der Waals surface area contributed by atoms with E-state index in [1.807, 2.05) is 0 Å². The molecule has 2 N–H and O–H groups in total. The van der Waals surface area contributed by atoms with Crippen molar-refractivity contribution in [3.05, 3.63) is 12.3 Å². The SMILES string of the molecule is C=C(N)C(C)=O. The summed E-state index contributed by atoms with van der Waals surface area (Å²) in [5, 5.41) is 0. The predicted molar refractivity (Wildman–Crippen MR) is 24.0 cm³/mol. The van der Waals surface area contributed by atoms with Gasteiger partial charge in [-0.1, -0.05) is 6.58 Å². The van der Waals surface area contributed by atoms with Crippen molar-refractivity contribution >= 4 is 5.78 Å². The van der Waals surface area contributed by atoms with Crippen LogP contribution in [0.25, 0.3) is 0 Å². The van der Waals surface area contributed by atoms with Crippen molar-refractivity contribution in [2.24, 2.45) is 5.73 Å². The van der Waals surface area contributed by atoms with E-state index >= 15 is 0 Å². The summed E-state index contributed by atoms with van der Waals surface area (Å²) in [5.41, 5.74) is 5.01. The molecule has 0 saturated heterocycles. The van der Waals surface area contributed by atoms with Gasteiger partial charge < -0.3 is 5.73 Å². The summed E-state index contributed by atoms with van der Waals surface area (Å²) in [5.74, 6) is -0.157. The van der Waals surface area contributed by atoms with E-state index in [-0.39, 0.29) is 11.5 Å². The van der Waals surface area contributed by atoms with E-state index in [0.29, 0.717) is 0 Å². The van der Waals surface area contributed by atoms with Crippen molar-refractivity contribution in [1.29, 1.82) is 0 Å². The van der Waals surface area contributed by atoms with Crippen molar-refractivity contribution in [3.8, 4) is 0 Å². The molecule has 2 heteroatoms. The lowest BCUT2D eigenvalue weighted by Crippen LogP contribution is -2.03. The normalized spacial score (nSPS) is 7.50. The van der Waals surface area contributed by atoms with Gasteiger partial charge in [-0.2, -0.15) is 0 Å². The van der Waals surface area contributed by atoms with Crippen molar-refractivity contribution in [2.45, 2.75) is 6.92 Å². The highest BCUT2D eigenvalue weighted by molar-refractivity contribution is 5.91. The molecule has 34 valence electrons. The number of ketones is 1. The van der Waals surface area contributed by atoms with Crippen LogP contribution in [0.3, 0.4) is 0 Å². The van der Waals surface area contributed by atoms with Crippen LogP contribution >= 0.6 is 0 Å². The Morgan fingerprint density at radius 2 is 2.00 bits per heavy atom. The van der Waals surface area contributed by atoms with Gasteiger partial charge in [0.25, 0.3) is 0 Å². The molecule has 0 spiro atoms. The third-order valence-corrected chi connectivity index (χ3v) is 0.452. The van der Waals surface area contributed by atoms with Gasteiger partial charge in [0.2, 0.25) is 0 Å². The minimum Gasteiger partial charge on any atom is -0.396 e. The molecule has 2 nitrogen and oxygen atoms in total. The number of rotatable bonds is 1. The van der Waals surface area contributed by atoms with Crippen LogP contribution < -0.4 is 5.73 Å². The minimum atomic E-state index is -0.157. The van der Waals surface area contributed by atoms with Gasteiger partial charge in [0.15, 0.2) is 5.78 Å². The molecule has 0 aliphatic carbocycles. The number of nitrogens with two attached hydrogens (primary N) is 1. The third-order valence-electron chi connectivity index (χ3n) is 0.452. The summed E-state index contributed by atoms with van der Waals surface area (Å²) in [6.45, 7) is 4.56. The van der Waals surface area contributed by atoms with Crippen LogP contribution in [0.4, 0.5) is 0 Å². The fourth-order valence-electron chi connectivity index (χ4n) is 0. The summed E-state index contributed by atoms with van der Waals surface area (Å²) < 4.78 is 0. The lowest BCUT2D eigenvalue weighted by atomic mass is 10.4. The largest absolute Gasteiger partial charge is 0.396 e. The first kappa shape index (κ1) is 5.21. The lowest BCUT2D eigenvalue weighted by molar-refractivity contribution is -0.113. The summed E-state index contributed by atoms with van der Waals surface area (Å²) >= 11 is 0. The van der Waals surface area contributed by atoms with Crippen LogP contribution in [0.15, 0.2) is 12.3 Å². The standard InChI is InChI=1S/C4H7NO/c1-3(5)4(2)6/h1,5H2,2H3. The van der Waals surface area contributed by atoms with Crippen molar-refractivity contribution in [1.82, 2.24) is 0 Å². The molecule has 0 atom stereocenters. The molecule has 0 aliphatic heterocycles. The topological polar surface area (TPSA) is 43.1 Å². The Morgan fingerprint density at radius 3 is 2.00 bits per heavy atom. The van der Waals surface area contributed by atoms with Gasteiger partial charge in [-0.15, -0.1) is 0 Å². The van der Waals surface area contributed by atoms with E-state index in [9.17, 15) is 4.79 Å². The molecule has 0 fully saturated rings. The molecule has 0 rings (SSSR count). The third kappa shape index (κ3) is 1.52. The number of hydrogen-bond donors (Lipinski definition) is 1. The number of allylic oxidation sites excluding steroid dienone is 1. The number of carbonyl (C=O) groups is 1. The molecule has 0 aromatic rings. The molecule has 0 aromatic heterocycles. The van der Waals surface area contributed by atoms with Gasteiger partial charge >= 0.3 is 0 Å². The zero-order chi connectivity index (χ0) is 5.15. The maximum Gasteiger partial charge on any atom is 0.174 e. The maximum atomic E-state index is 9.92. The first-order chi connectivity index (χ1) is 2.64. The zero-order valence-electron chi connectivity index (χ0n) is 3.69. The van der Waals surface area contributed by atoms with E-state index < -0.39 is 0 Å². The highest BCUT2D eigenvalue weighted by atomic mass is 16.1. The molecule has 6 heavy (non-hydrogen) atoms. The van der Waals surface area contributed by atoms with Gasteiger partial charge in [0.1, 0.15) is 0 Å². The van der Waals surface area contributed by atoms with Crippen LogP contribution in [-0.4, -0.2) is 5.78 Å². The fraction of sp³-hybridized carbons (Fsp3) is 0.250. The van der Waals surface area contributed by atoms with Crippen molar-refractivity contribution < 1.29 is 4.79 Å². The summed E-state index contributed by atoms with van der Waals surface area (Å²) in [6.07, 6.45) is 0. The molecular formula is C4H7NO. The lowest BCUT2D eigenvalue weighted by Gasteiger charge is -1.82. The smallest absolute Gasteiger partial charge is 0.174 e. The first-order valence-corrected chi connectivity index (χ1v) is 1.60. The van der Waals surface area contributed by atoms with Crippen molar-refractivity contribution in [3.63, 3.8) is 0 Å². The Labute approximate surface area is 36.6 Å². The molecule has 0 unspecified atom stereocenters. The second-order valence-corrected chi connectivity index (χ2v) is 1.08. The highest BCUT2D eigenvalue weighted by Gasteiger charge is 1.86. The van der Waals surface area contributed by atoms with Crippen LogP contribution in [0, 0.1) is 0 Å². The molecule has 0 aliphatic rings. The molecular weight excluding hydrogens is 78.0 g/mol. The van der Waals surface area contributed by atoms with E-state index in [4.69, 9.17) is 5.73 Å². The molecule has 0 radical (unpaired) electrons. The van der Waals surface area contributed by atoms with Gasteiger partial charge in [-0.05, 0) is 0 Å². The number of hydrogen-bond acceptors (Lipinski definition) is 2. The van der Waals surface area contributed by atoms with Gasteiger partial charge in [0, 0.05) is 6.92 Å². The van der Waals surface area contributed by atoms with Crippen LogP contribution in [0.1, 0.15) is 6.92 Å². The maximum absolute atomic E-state index is 9.92. The Morgan fingerprint density at radius 1 is 1.83 bits per heavy atom. The van der Waals surface area contributed by atoms with Crippen LogP contribution in [0.2, 0.25) is 0 Å². The van der Waals surface area contributed by atoms with Gasteiger partial charge in [0.05, 0.1) is 5.70 Å². The van der Waals surface area contributed by atoms with E-state index in [1.54, 1.807) is 0 Å². The van der Waals surface area contributed by atoms with Crippen LogP contribution in [0.5, 0.6) is 0 Å². The van der Waals surface area contributed by atoms with Crippen LogP contribution in [-0.2, 0) is 4.79 Å². The second-order valence-electron chi connectivity index (χ2n) is 1.08. The summed E-state index contributed by atoms with van der Waals surface area (Å²) in [4.78, 5) is 9.92. The monoisotopic (exact) mass is 85.1 g/mol. The number of Topliss-reactive ketones (excluding diaryl/α,β-unsaturated/α-hetero) is 1. The molecule has 0 bridgehead atoms. The zero-order valence-corrected chi connectivity index (χ0v) is 3.69. The molecule has 0 amide bonds. The average molecular weight is 85.1 g/mol. The molecule has 0 aromatic carbocycles. The van der Waals surface area contributed by atoms with Crippen molar-refractivity contribution in [2.75, 3.05) is 0 Å². The molecule has 0 heterocycles. The number of carbonyl (C=O) groups excluding carboxylic acids is 1. The van der Waals surface area contributed by atoms with E-state index in [1.165, 1.54) is 6.92 Å². The predicted octanol–water partition coefficient (Wildman–Crippen LogP) is 0.0478. The Bertz CT molecular complexity index is 73.5. The Balaban J connectivity index is 3.57. The quantitative estimate of drug-likeness (QED) is 0.457. The summed E-state index contributed by atoms with van der Waals surface area (Å²) in [7, 11) is 0. The Kier molecular flexibility index (Phi) is 1.39. The van der Waals surface area contributed by atoms with E-state index in [0.717, 1.165) is 0 Å². The second kappa shape index (κ2) is 1.60. The highest BCUT2D eigenvalue weighted by Crippen LogP contribution is 1.73. The van der Waals surface area contributed by atoms with Gasteiger partial charge in [-0.3, -0.25) is 4.79 Å². The van der Waals surface area contributed by atoms with Gasteiger partial charge in [-0.25, -0.2) is 0 Å². The first-order valence-electron chi connectivity index (χ1n) is 1.60. The van der Waals surface area contributed by atoms with E-state index in [2.05, 4.69) is 6.58 Å².